The van der Waals surface area contributed by atoms with Crippen LogP contribution in [0.4, 0.5) is 0 Å². The van der Waals surface area contributed by atoms with E-state index in [1.54, 1.807) is 0 Å². The minimum absolute atomic E-state index is 0.174. The summed E-state index contributed by atoms with van der Waals surface area (Å²) in [5, 5.41) is -0.299. The van der Waals surface area contributed by atoms with E-state index in [0.29, 0.717) is 0 Å². The van der Waals surface area contributed by atoms with Crippen molar-refractivity contribution in [2.24, 2.45) is 5.92 Å². The molecule has 0 saturated heterocycles. The van der Waals surface area contributed by atoms with Crippen LogP contribution in [-0.2, 0) is 4.79 Å². The van der Waals surface area contributed by atoms with Crippen LogP contribution < -0.4 is 0 Å². The fraction of sp³-hybridized carbons (Fsp3) is 0.500. The van der Waals surface area contributed by atoms with E-state index in [-0.39, 0.29) is 11.2 Å². The van der Waals surface area contributed by atoms with E-state index in [9.17, 15) is 4.79 Å². The lowest BCUT2D eigenvalue weighted by Crippen LogP contribution is -2.09. The van der Waals surface area contributed by atoms with Gasteiger partial charge in [0.15, 0.2) is 0 Å². The quantitative estimate of drug-likeness (QED) is 0.354. The van der Waals surface area contributed by atoms with Gasteiger partial charge >= 0.3 is 0 Å². The average Bonchev–Trinajstić information content (AvgIpc) is 1.96. The highest BCUT2D eigenvalue weighted by molar-refractivity contribution is 6.64. The van der Waals surface area contributed by atoms with Crippen molar-refractivity contribution in [3.63, 3.8) is 0 Å². The lowest BCUT2D eigenvalue weighted by Gasteiger charge is -2.10. The molecule has 1 unspecified atom stereocenters. The van der Waals surface area contributed by atoms with Gasteiger partial charge in [-0.05, 0) is 37.8 Å². The molecule has 0 heterocycles. The summed E-state index contributed by atoms with van der Waals surface area (Å²) >= 11 is 5.39. The molecular formula is C10H15ClO. The van der Waals surface area contributed by atoms with E-state index in [2.05, 4.69) is 13.2 Å². The molecule has 68 valence electrons. The zero-order valence-electron chi connectivity index (χ0n) is 7.48. The first-order valence-corrected chi connectivity index (χ1v) is 4.43. The maximum atomic E-state index is 10.9. The predicted molar refractivity (Wildman–Crippen MR) is 53.2 cm³/mol. The molecule has 0 fully saturated rings. The number of halogens is 1. The van der Waals surface area contributed by atoms with Gasteiger partial charge in [-0.15, -0.1) is 6.58 Å². The van der Waals surface area contributed by atoms with E-state index >= 15 is 0 Å². The normalized spacial score (nSPS) is 12.2. The highest BCUT2D eigenvalue weighted by Gasteiger charge is 2.15. The Labute approximate surface area is 79.1 Å². The molecule has 0 bridgehead atoms. The van der Waals surface area contributed by atoms with Crippen LogP contribution in [-0.4, -0.2) is 5.24 Å². The molecule has 0 aliphatic rings. The highest BCUT2D eigenvalue weighted by atomic mass is 35.5. The van der Waals surface area contributed by atoms with Crippen LogP contribution >= 0.6 is 11.6 Å². The van der Waals surface area contributed by atoms with Crippen LogP contribution in [0.25, 0.3) is 0 Å². The first-order valence-electron chi connectivity index (χ1n) is 4.05. The summed E-state index contributed by atoms with van der Waals surface area (Å²) in [7, 11) is 0. The molecule has 1 atom stereocenters. The minimum atomic E-state index is -0.299. The zero-order valence-corrected chi connectivity index (χ0v) is 8.23. The Kier molecular flexibility index (Phi) is 5.73. The van der Waals surface area contributed by atoms with Crippen molar-refractivity contribution in [2.75, 3.05) is 0 Å². The third-order valence-corrected chi connectivity index (χ3v) is 2.03. The van der Waals surface area contributed by atoms with Gasteiger partial charge in [-0.2, -0.15) is 0 Å². The van der Waals surface area contributed by atoms with Crippen LogP contribution in [0, 0.1) is 5.92 Å². The molecule has 0 rings (SSSR count). The SMILES string of the molecule is C=CCCCC(C(=C)C)C(=O)Cl. The van der Waals surface area contributed by atoms with Crippen molar-refractivity contribution < 1.29 is 4.79 Å². The number of allylic oxidation sites excluding steroid dienone is 2. The van der Waals surface area contributed by atoms with Gasteiger partial charge in [0, 0.05) is 0 Å². The van der Waals surface area contributed by atoms with Gasteiger partial charge in [-0.3, -0.25) is 4.79 Å². The van der Waals surface area contributed by atoms with Crippen molar-refractivity contribution in [2.45, 2.75) is 26.2 Å². The largest absolute Gasteiger partial charge is 0.281 e. The van der Waals surface area contributed by atoms with Crippen molar-refractivity contribution in [3.8, 4) is 0 Å². The Hall–Kier alpha value is -0.560. The molecule has 0 aromatic carbocycles. The van der Waals surface area contributed by atoms with E-state index in [1.165, 1.54) is 0 Å². The number of hydrogen-bond acceptors (Lipinski definition) is 1. The highest BCUT2D eigenvalue weighted by Crippen LogP contribution is 2.19. The monoisotopic (exact) mass is 186 g/mol. The Morgan fingerprint density at radius 2 is 2.25 bits per heavy atom. The first kappa shape index (κ1) is 11.4. The lowest BCUT2D eigenvalue weighted by atomic mass is 9.97. The van der Waals surface area contributed by atoms with E-state index in [1.807, 2.05) is 13.0 Å². The second kappa shape index (κ2) is 6.01. The summed E-state index contributed by atoms with van der Waals surface area (Å²) in [6.07, 6.45) is 4.49. The summed E-state index contributed by atoms with van der Waals surface area (Å²) in [5.74, 6) is -0.174. The standard InChI is InChI=1S/C10H15ClO/c1-4-5-6-7-9(8(2)3)10(11)12/h4,9H,1-2,5-7H2,3H3. The third-order valence-electron chi connectivity index (χ3n) is 1.77. The molecule has 0 aromatic heterocycles. The molecule has 1 nitrogen and oxygen atoms in total. The Morgan fingerprint density at radius 1 is 1.67 bits per heavy atom. The molecule has 0 aromatic rings. The van der Waals surface area contributed by atoms with E-state index in [4.69, 9.17) is 11.6 Å². The second-order valence-electron chi connectivity index (χ2n) is 2.92. The topological polar surface area (TPSA) is 17.1 Å². The smallest absolute Gasteiger partial charge is 0.228 e. The fourth-order valence-corrected chi connectivity index (χ4v) is 1.32. The molecule has 0 N–H and O–H groups in total. The van der Waals surface area contributed by atoms with Gasteiger partial charge in [0.1, 0.15) is 0 Å². The Bertz CT molecular complexity index is 170. The zero-order chi connectivity index (χ0) is 9.56. The summed E-state index contributed by atoms with van der Waals surface area (Å²) in [5.41, 5.74) is 0.846. The van der Waals surface area contributed by atoms with Crippen LogP contribution in [0.2, 0.25) is 0 Å². The number of unbranched alkanes of at least 4 members (excludes halogenated alkanes) is 1. The second-order valence-corrected chi connectivity index (χ2v) is 3.30. The summed E-state index contributed by atoms with van der Waals surface area (Å²) in [6.45, 7) is 9.16. The number of carbonyl (C=O) groups excluding carboxylic acids is 1. The molecule has 2 heteroatoms. The van der Waals surface area contributed by atoms with Gasteiger partial charge in [-0.25, -0.2) is 0 Å². The molecule has 0 radical (unpaired) electrons. The molecule has 12 heavy (non-hydrogen) atoms. The molecule has 0 aliphatic carbocycles. The third kappa shape index (κ3) is 4.35. The van der Waals surface area contributed by atoms with Gasteiger partial charge < -0.3 is 0 Å². The van der Waals surface area contributed by atoms with E-state index in [0.717, 1.165) is 24.8 Å². The number of hydrogen-bond donors (Lipinski definition) is 0. The van der Waals surface area contributed by atoms with Gasteiger partial charge in [0.2, 0.25) is 5.24 Å². The van der Waals surface area contributed by atoms with Gasteiger partial charge in [0.25, 0.3) is 0 Å². The van der Waals surface area contributed by atoms with Crippen molar-refractivity contribution in [1.82, 2.24) is 0 Å². The number of rotatable bonds is 6. The minimum Gasteiger partial charge on any atom is -0.281 e. The van der Waals surface area contributed by atoms with Gasteiger partial charge in [0.05, 0.1) is 5.92 Å². The summed E-state index contributed by atoms with van der Waals surface area (Å²) in [6, 6.07) is 0. The Balaban J connectivity index is 3.88. The average molecular weight is 187 g/mol. The number of carbonyl (C=O) groups is 1. The molecular weight excluding hydrogens is 172 g/mol. The molecule has 0 aliphatic heterocycles. The van der Waals surface area contributed by atoms with Crippen molar-refractivity contribution >= 4 is 16.8 Å². The van der Waals surface area contributed by atoms with Crippen molar-refractivity contribution in [1.29, 1.82) is 0 Å². The predicted octanol–water partition coefficient (Wildman–Crippen LogP) is 3.30. The van der Waals surface area contributed by atoms with Crippen LogP contribution in [0.5, 0.6) is 0 Å². The summed E-state index contributed by atoms with van der Waals surface area (Å²) in [4.78, 5) is 10.9. The van der Waals surface area contributed by atoms with Crippen molar-refractivity contribution in [3.05, 3.63) is 24.8 Å². The lowest BCUT2D eigenvalue weighted by molar-refractivity contribution is -0.114. The molecule has 0 spiro atoms. The molecule has 0 saturated carbocycles. The van der Waals surface area contributed by atoms with E-state index < -0.39 is 0 Å². The molecule has 0 amide bonds. The van der Waals surface area contributed by atoms with Crippen LogP contribution in [0.3, 0.4) is 0 Å². The fourth-order valence-electron chi connectivity index (χ4n) is 1.02. The van der Waals surface area contributed by atoms with Crippen LogP contribution in [0.15, 0.2) is 24.8 Å². The first-order chi connectivity index (χ1) is 5.59. The maximum Gasteiger partial charge on any atom is 0.228 e. The van der Waals surface area contributed by atoms with Gasteiger partial charge in [-0.1, -0.05) is 18.2 Å². The summed E-state index contributed by atoms with van der Waals surface area (Å²) < 4.78 is 0. The Morgan fingerprint density at radius 3 is 2.58 bits per heavy atom. The van der Waals surface area contributed by atoms with Crippen LogP contribution in [0.1, 0.15) is 26.2 Å². The maximum absolute atomic E-state index is 10.9.